The lowest BCUT2D eigenvalue weighted by Gasteiger charge is -2.15. The number of rotatable bonds is 5. The predicted molar refractivity (Wildman–Crippen MR) is 73.8 cm³/mol. The molecule has 0 aliphatic carbocycles. The Morgan fingerprint density at radius 3 is 2.71 bits per heavy atom. The molecule has 0 spiro atoms. The molecule has 1 N–H and O–H groups in total. The van der Waals surface area contributed by atoms with Gasteiger partial charge in [-0.05, 0) is 49.7 Å². The summed E-state index contributed by atoms with van der Waals surface area (Å²) in [6.07, 6.45) is 2.69. The average Bonchev–Trinajstić information content (AvgIpc) is 2.82. The van der Waals surface area contributed by atoms with Gasteiger partial charge in [-0.1, -0.05) is 23.2 Å². The standard InChI is InChI=1S/C13H18Cl2N2/c14-12-3-4-13(15)11(9-12)10-16-5-8-17-6-1-2-7-17/h3-4,9,16H,1-2,5-8,10H2. The van der Waals surface area contributed by atoms with Gasteiger partial charge in [0.05, 0.1) is 0 Å². The summed E-state index contributed by atoms with van der Waals surface area (Å²) in [4.78, 5) is 2.49. The van der Waals surface area contributed by atoms with E-state index in [1.54, 1.807) is 0 Å². The van der Waals surface area contributed by atoms with Crippen LogP contribution in [-0.2, 0) is 6.54 Å². The van der Waals surface area contributed by atoms with Gasteiger partial charge in [0.1, 0.15) is 0 Å². The van der Waals surface area contributed by atoms with Crippen LogP contribution in [-0.4, -0.2) is 31.1 Å². The van der Waals surface area contributed by atoms with Crippen molar-refractivity contribution in [2.75, 3.05) is 26.2 Å². The fraction of sp³-hybridized carbons (Fsp3) is 0.538. The Balaban J connectivity index is 1.72. The van der Waals surface area contributed by atoms with Crippen LogP contribution in [0, 0.1) is 0 Å². The van der Waals surface area contributed by atoms with Crippen LogP contribution in [0.2, 0.25) is 10.0 Å². The minimum absolute atomic E-state index is 0.741. The first kappa shape index (κ1) is 13.2. The number of nitrogens with zero attached hydrogens (tertiary/aromatic N) is 1. The number of hydrogen-bond donors (Lipinski definition) is 1. The lowest BCUT2D eigenvalue weighted by Crippen LogP contribution is -2.29. The number of hydrogen-bond acceptors (Lipinski definition) is 2. The zero-order valence-corrected chi connectivity index (χ0v) is 11.4. The second kappa shape index (κ2) is 6.60. The monoisotopic (exact) mass is 272 g/mol. The molecule has 0 bridgehead atoms. The molecule has 0 saturated carbocycles. The van der Waals surface area contributed by atoms with Crippen molar-refractivity contribution in [3.05, 3.63) is 33.8 Å². The molecule has 0 atom stereocenters. The summed E-state index contributed by atoms with van der Waals surface area (Å²) in [5, 5.41) is 4.93. The molecule has 0 unspecified atom stereocenters. The SMILES string of the molecule is Clc1ccc(Cl)c(CNCCN2CCCC2)c1. The van der Waals surface area contributed by atoms with Gasteiger partial charge in [-0.3, -0.25) is 0 Å². The quantitative estimate of drug-likeness (QED) is 0.829. The van der Waals surface area contributed by atoms with Gasteiger partial charge in [0.25, 0.3) is 0 Å². The second-order valence-electron chi connectivity index (χ2n) is 4.46. The second-order valence-corrected chi connectivity index (χ2v) is 5.30. The van der Waals surface area contributed by atoms with E-state index in [4.69, 9.17) is 23.2 Å². The molecule has 1 heterocycles. The van der Waals surface area contributed by atoms with Crippen LogP contribution in [0.15, 0.2) is 18.2 Å². The van der Waals surface area contributed by atoms with E-state index in [-0.39, 0.29) is 0 Å². The Kier molecular flexibility index (Phi) is 5.11. The highest BCUT2D eigenvalue weighted by atomic mass is 35.5. The molecule has 1 aromatic carbocycles. The topological polar surface area (TPSA) is 15.3 Å². The van der Waals surface area contributed by atoms with Crippen molar-refractivity contribution >= 4 is 23.2 Å². The van der Waals surface area contributed by atoms with E-state index >= 15 is 0 Å². The Labute approximate surface area is 113 Å². The van der Waals surface area contributed by atoms with Gasteiger partial charge in [-0.2, -0.15) is 0 Å². The summed E-state index contributed by atoms with van der Waals surface area (Å²) in [6.45, 7) is 5.41. The van der Waals surface area contributed by atoms with Crippen molar-refractivity contribution in [3.63, 3.8) is 0 Å². The van der Waals surface area contributed by atoms with Gasteiger partial charge in [0.2, 0.25) is 0 Å². The smallest absolute Gasteiger partial charge is 0.0451 e. The molecule has 17 heavy (non-hydrogen) atoms. The maximum atomic E-state index is 6.09. The number of benzene rings is 1. The maximum absolute atomic E-state index is 6.09. The van der Waals surface area contributed by atoms with Crippen molar-refractivity contribution < 1.29 is 0 Å². The molecule has 4 heteroatoms. The first-order valence-corrected chi connectivity index (χ1v) is 6.88. The Morgan fingerprint density at radius 2 is 1.94 bits per heavy atom. The third-order valence-corrected chi connectivity index (χ3v) is 3.73. The Hall–Kier alpha value is -0.280. The van der Waals surface area contributed by atoms with Gasteiger partial charge >= 0.3 is 0 Å². The molecule has 1 aliphatic rings. The van der Waals surface area contributed by atoms with Crippen molar-refractivity contribution in [3.8, 4) is 0 Å². The van der Waals surface area contributed by atoms with Gasteiger partial charge in [0.15, 0.2) is 0 Å². The summed E-state index contributed by atoms with van der Waals surface area (Å²) >= 11 is 12.0. The fourth-order valence-electron chi connectivity index (χ4n) is 2.15. The van der Waals surface area contributed by atoms with E-state index in [9.17, 15) is 0 Å². The maximum Gasteiger partial charge on any atom is 0.0451 e. The molecule has 0 radical (unpaired) electrons. The van der Waals surface area contributed by atoms with Crippen molar-refractivity contribution in [1.29, 1.82) is 0 Å². The van der Waals surface area contributed by atoms with E-state index in [0.717, 1.165) is 35.2 Å². The highest BCUT2D eigenvalue weighted by molar-refractivity contribution is 6.33. The zero-order valence-electron chi connectivity index (χ0n) is 9.88. The highest BCUT2D eigenvalue weighted by Crippen LogP contribution is 2.20. The molecule has 0 aromatic heterocycles. The first-order chi connectivity index (χ1) is 8.25. The van der Waals surface area contributed by atoms with Crippen LogP contribution in [0.25, 0.3) is 0 Å². The molecular weight excluding hydrogens is 255 g/mol. The van der Waals surface area contributed by atoms with Gasteiger partial charge in [-0.25, -0.2) is 0 Å². The molecular formula is C13H18Cl2N2. The van der Waals surface area contributed by atoms with Gasteiger partial charge in [-0.15, -0.1) is 0 Å². The normalized spacial score (nSPS) is 16.6. The Bertz CT molecular complexity index is 362. The molecule has 1 aromatic rings. The summed E-state index contributed by atoms with van der Waals surface area (Å²) in [6, 6.07) is 5.59. The van der Waals surface area contributed by atoms with E-state index in [0.29, 0.717) is 0 Å². The average molecular weight is 273 g/mol. The summed E-state index contributed by atoms with van der Waals surface area (Å²) in [5.74, 6) is 0. The lowest BCUT2D eigenvalue weighted by molar-refractivity contribution is 0.335. The van der Waals surface area contributed by atoms with Crippen LogP contribution < -0.4 is 5.32 Å². The molecule has 1 fully saturated rings. The summed E-state index contributed by atoms with van der Waals surface area (Å²) in [5.41, 5.74) is 1.07. The molecule has 2 rings (SSSR count). The summed E-state index contributed by atoms with van der Waals surface area (Å²) in [7, 11) is 0. The molecule has 1 aliphatic heterocycles. The van der Waals surface area contributed by atoms with Gasteiger partial charge in [0, 0.05) is 29.7 Å². The van der Waals surface area contributed by atoms with E-state index in [2.05, 4.69) is 10.2 Å². The van der Waals surface area contributed by atoms with E-state index in [1.165, 1.54) is 25.9 Å². The highest BCUT2D eigenvalue weighted by Gasteiger charge is 2.10. The van der Waals surface area contributed by atoms with Crippen LogP contribution in [0.5, 0.6) is 0 Å². The third kappa shape index (κ3) is 4.14. The van der Waals surface area contributed by atoms with E-state index in [1.807, 2.05) is 18.2 Å². The lowest BCUT2D eigenvalue weighted by atomic mass is 10.2. The van der Waals surface area contributed by atoms with Crippen LogP contribution >= 0.6 is 23.2 Å². The van der Waals surface area contributed by atoms with Crippen molar-refractivity contribution in [2.24, 2.45) is 0 Å². The predicted octanol–water partition coefficient (Wildman–Crippen LogP) is 3.18. The van der Waals surface area contributed by atoms with Gasteiger partial charge < -0.3 is 10.2 Å². The molecule has 94 valence electrons. The first-order valence-electron chi connectivity index (χ1n) is 6.13. The van der Waals surface area contributed by atoms with Crippen LogP contribution in [0.3, 0.4) is 0 Å². The number of halogens is 2. The Morgan fingerprint density at radius 1 is 1.18 bits per heavy atom. The summed E-state index contributed by atoms with van der Waals surface area (Å²) < 4.78 is 0. The molecule has 0 amide bonds. The van der Waals surface area contributed by atoms with Crippen LogP contribution in [0.1, 0.15) is 18.4 Å². The van der Waals surface area contributed by atoms with Crippen molar-refractivity contribution in [1.82, 2.24) is 10.2 Å². The van der Waals surface area contributed by atoms with Crippen LogP contribution in [0.4, 0.5) is 0 Å². The third-order valence-electron chi connectivity index (χ3n) is 3.13. The number of likely N-dealkylation sites (tertiary alicyclic amines) is 1. The fourth-order valence-corrected chi connectivity index (χ4v) is 2.52. The zero-order chi connectivity index (χ0) is 12.1. The molecule has 1 saturated heterocycles. The van der Waals surface area contributed by atoms with Crippen molar-refractivity contribution in [2.45, 2.75) is 19.4 Å². The minimum Gasteiger partial charge on any atom is -0.311 e. The minimum atomic E-state index is 0.741. The largest absolute Gasteiger partial charge is 0.311 e. The number of nitrogens with one attached hydrogen (secondary N) is 1. The van der Waals surface area contributed by atoms with E-state index < -0.39 is 0 Å². The molecule has 2 nitrogen and oxygen atoms in total.